The number of amides is 2. The SMILES string of the molecule is COC(=O)CC12CC3CC(C1)C(N1C(=O)c4ccccc4C1=O)C(C3)C2. The summed E-state index contributed by atoms with van der Waals surface area (Å²) in [6, 6.07) is 7.13. The molecule has 1 aliphatic heterocycles. The molecule has 0 spiro atoms. The van der Waals surface area contributed by atoms with Gasteiger partial charge in [0.25, 0.3) is 11.8 Å². The van der Waals surface area contributed by atoms with Crippen LogP contribution in [0.3, 0.4) is 0 Å². The molecular formula is C21H23NO4. The summed E-state index contributed by atoms with van der Waals surface area (Å²) in [6.07, 6.45) is 5.54. The molecule has 1 heterocycles. The van der Waals surface area contributed by atoms with Gasteiger partial charge in [0.1, 0.15) is 0 Å². The lowest BCUT2D eigenvalue weighted by Gasteiger charge is -2.61. The van der Waals surface area contributed by atoms with Gasteiger partial charge in [-0.3, -0.25) is 19.3 Å². The van der Waals surface area contributed by atoms with E-state index in [4.69, 9.17) is 4.74 Å². The van der Waals surface area contributed by atoms with Gasteiger partial charge in [-0.05, 0) is 67.4 Å². The van der Waals surface area contributed by atoms with Crippen LogP contribution >= 0.6 is 0 Å². The van der Waals surface area contributed by atoms with Crippen LogP contribution in [0.25, 0.3) is 0 Å². The van der Waals surface area contributed by atoms with E-state index in [-0.39, 0.29) is 29.2 Å². The third-order valence-corrected chi connectivity index (χ3v) is 7.22. The number of fused-ring (bicyclic) bond motifs is 1. The Morgan fingerprint density at radius 1 is 1.08 bits per heavy atom. The van der Waals surface area contributed by atoms with E-state index in [1.54, 1.807) is 17.0 Å². The monoisotopic (exact) mass is 353 g/mol. The van der Waals surface area contributed by atoms with E-state index in [1.165, 1.54) is 7.11 Å². The van der Waals surface area contributed by atoms with Crippen molar-refractivity contribution in [1.29, 1.82) is 0 Å². The van der Waals surface area contributed by atoms with Gasteiger partial charge in [0.15, 0.2) is 0 Å². The zero-order valence-corrected chi connectivity index (χ0v) is 14.9. The third-order valence-electron chi connectivity index (χ3n) is 7.22. The Bertz CT molecular complexity index is 765. The van der Waals surface area contributed by atoms with Crippen LogP contribution in [0.1, 0.15) is 59.2 Å². The summed E-state index contributed by atoms with van der Waals surface area (Å²) in [4.78, 5) is 39.4. The number of rotatable bonds is 3. The number of ether oxygens (including phenoxy) is 1. The maximum absolute atomic E-state index is 13.0. The molecule has 0 N–H and O–H groups in total. The van der Waals surface area contributed by atoms with Crippen molar-refractivity contribution in [3.05, 3.63) is 35.4 Å². The molecule has 1 aromatic carbocycles. The molecule has 0 radical (unpaired) electrons. The lowest BCUT2D eigenvalue weighted by atomic mass is 9.47. The average molecular weight is 353 g/mol. The average Bonchev–Trinajstić information content (AvgIpc) is 2.86. The van der Waals surface area contributed by atoms with Crippen LogP contribution in [0.5, 0.6) is 0 Å². The molecular weight excluding hydrogens is 330 g/mol. The van der Waals surface area contributed by atoms with Gasteiger partial charge in [-0.15, -0.1) is 0 Å². The maximum Gasteiger partial charge on any atom is 0.306 e. The first-order valence-corrected chi connectivity index (χ1v) is 9.55. The Hall–Kier alpha value is -2.17. The summed E-state index contributed by atoms with van der Waals surface area (Å²) in [7, 11) is 1.45. The molecule has 5 nitrogen and oxygen atoms in total. The van der Waals surface area contributed by atoms with Crippen molar-refractivity contribution >= 4 is 17.8 Å². The lowest BCUT2D eigenvalue weighted by Crippen LogP contribution is -2.60. The van der Waals surface area contributed by atoms with Crippen LogP contribution in [0.2, 0.25) is 0 Å². The second-order valence-corrected chi connectivity index (χ2v) is 8.74. The summed E-state index contributed by atoms with van der Waals surface area (Å²) in [6.45, 7) is 0. The highest BCUT2D eigenvalue weighted by molar-refractivity contribution is 6.21. The van der Waals surface area contributed by atoms with Crippen LogP contribution < -0.4 is 0 Å². The molecule has 136 valence electrons. The quantitative estimate of drug-likeness (QED) is 0.619. The van der Waals surface area contributed by atoms with Gasteiger partial charge in [0.2, 0.25) is 0 Å². The minimum absolute atomic E-state index is 0.00952. The van der Waals surface area contributed by atoms with E-state index in [2.05, 4.69) is 0 Å². The molecule has 4 bridgehead atoms. The second-order valence-electron chi connectivity index (χ2n) is 8.74. The zero-order valence-electron chi connectivity index (χ0n) is 14.9. The van der Waals surface area contributed by atoms with Gasteiger partial charge in [-0.1, -0.05) is 12.1 Å². The molecule has 2 unspecified atom stereocenters. The molecule has 0 aromatic heterocycles. The van der Waals surface area contributed by atoms with E-state index in [1.807, 2.05) is 12.1 Å². The predicted molar refractivity (Wildman–Crippen MR) is 93.4 cm³/mol. The number of hydrogen-bond donors (Lipinski definition) is 0. The van der Waals surface area contributed by atoms with Crippen LogP contribution in [0.4, 0.5) is 0 Å². The van der Waals surface area contributed by atoms with Crippen LogP contribution in [-0.4, -0.2) is 35.8 Å². The van der Waals surface area contributed by atoms with Gasteiger partial charge in [0, 0.05) is 6.04 Å². The molecule has 5 heteroatoms. The van der Waals surface area contributed by atoms with Crippen molar-refractivity contribution in [3.63, 3.8) is 0 Å². The molecule has 6 rings (SSSR count). The first kappa shape index (κ1) is 16.0. The van der Waals surface area contributed by atoms with Crippen molar-refractivity contribution in [2.24, 2.45) is 23.2 Å². The van der Waals surface area contributed by atoms with Crippen molar-refractivity contribution < 1.29 is 19.1 Å². The van der Waals surface area contributed by atoms with E-state index in [0.29, 0.717) is 35.3 Å². The van der Waals surface area contributed by atoms with Crippen molar-refractivity contribution in [2.45, 2.75) is 44.6 Å². The summed E-state index contributed by atoms with van der Waals surface area (Å²) < 4.78 is 4.93. The number of benzene rings is 1. The molecule has 1 aromatic rings. The fourth-order valence-corrected chi connectivity index (χ4v) is 6.66. The Labute approximate surface area is 152 Å². The Kier molecular flexibility index (Phi) is 3.34. The molecule has 26 heavy (non-hydrogen) atoms. The van der Waals surface area contributed by atoms with E-state index in [9.17, 15) is 14.4 Å². The van der Waals surface area contributed by atoms with Crippen molar-refractivity contribution in [2.75, 3.05) is 7.11 Å². The molecule has 0 saturated heterocycles. The number of imide groups is 1. The van der Waals surface area contributed by atoms with Gasteiger partial charge in [-0.2, -0.15) is 0 Å². The summed E-state index contributed by atoms with van der Waals surface area (Å²) >= 11 is 0. The third kappa shape index (κ3) is 2.12. The molecule has 4 saturated carbocycles. The molecule has 5 aliphatic rings. The first-order chi connectivity index (χ1) is 12.5. The number of carbonyl (C=O) groups is 3. The maximum atomic E-state index is 13.0. The Morgan fingerprint density at radius 2 is 1.65 bits per heavy atom. The molecule has 2 amide bonds. The number of hydrogen-bond acceptors (Lipinski definition) is 4. The fourth-order valence-electron chi connectivity index (χ4n) is 6.66. The summed E-state index contributed by atoms with van der Waals surface area (Å²) in [5.74, 6) is 0.837. The van der Waals surface area contributed by atoms with Gasteiger partial charge in [0.05, 0.1) is 24.7 Å². The number of methoxy groups -OCH3 is 1. The zero-order chi connectivity index (χ0) is 18.1. The van der Waals surface area contributed by atoms with E-state index in [0.717, 1.165) is 32.1 Å². The lowest BCUT2D eigenvalue weighted by molar-refractivity contribution is -0.152. The molecule has 2 atom stereocenters. The highest BCUT2D eigenvalue weighted by Gasteiger charge is 2.59. The van der Waals surface area contributed by atoms with E-state index >= 15 is 0 Å². The number of esters is 1. The Morgan fingerprint density at radius 3 is 2.19 bits per heavy atom. The highest BCUT2D eigenvalue weighted by atomic mass is 16.5. The van der Waals surface area contributed by atoms with Crippen LogP contribution in [0.15, 0.2) is 24.3 Å². The topological polar surface area (TPSA) is 63.7 Å². The minimum atomic E-state index is -0.135. The van der Waals surface area contributed by atoms with Gasteiger partial charge >= 0.3 is 5.97 Å². The van der Waals surface area contributed by atoms with Gasteiger partial charge < -0.3 is 4.74 Å². The van der Waals surface area contributed by atoms with Crippen molar-refractivity contribution in [1.82, 2.24) is 4.90 Å². The van der Waals surface area contributed by atoms with Crippen LogP contribution in [0, 0.1) is 23.2 Å². The van der Waals surface area contributed by atoms with E-state index < -0.39 is 0 Å². The Balaban J connectivity index is 1.46. The molecule has 4 aliphatic carbocycles. The van der Waals surface area contributed by atoms with Gasteiger partial charge in [-0.25, -0.2) is 0 Å². The standard InChI is InChI=1S/C21H23NO4/c1-26-17(23)11-21-8-12-6-13(9-21)18(14(7-12)10-21)22-19(24)15-4-2-3-5-16(15)20(22)25/h2-5,12-14,18H,6-11H2,1H3. The van der Waals surface area contributed by atoms with Crippen LogP contribution in [-0.2, 0) is 9.53 Å². The highest BCUT2D eigenvalue weighted by Crippen LogP contribution is 2.62. The fraction of sp³-hybridized carbons (Fsp3) is 0.571. The summed E-state index contributed by atoms with van der Waals surface area (Å²) in [5.41, 5.74) is 1.09. The van der Waals surface area contributed by atoms with Crippen molar-refractivity contribution in [3.8, 4) is 0 Å². The second kappa shape index (κ2) is 5.41. The molecule has 4 fully saturated rings. The summed E-state index contributed by atoms with van der Waals surface area (Å²) in [5, 5.41) is 0. The largest absolute Gasteiger partial charge is 0.469 e. The first-order valence-electron chi connectivity index (χ1n) is 9.55. The normalized spacial score (nSPS) is 37.2. The minimum Gasteiger partial charge on any atom is -0.469 e. The predicted octanol–water partition coefficient (Wildman–Crippen LogP) is 3.04. The number of carbonyl (C=O) groups excluding carboxylic acids is 3. The number of nitrogens with zero attached hydrogens (tertiary/aromatic N) is 1. The smallest absolute Gasteiger partial charge is 0.306 e.